The summed E-state index contributed by atoms with van der Waals surface area (Å²) in [7, 11) is -1.33. The molecule has 4 heterocycles. The Morgan fingerprint density at radius 1 is 0.797 bits per heavy atom. The number of nitrogens with zero attached hydrogens (tertiary/aromatic N) is 4. The zero-order valence-electron chi connectivity index (χ0n) is 41.1. The number of hydrogen-bond acceptors (Lipinski definition) is 10. The Labute approximate surface area is 403 Å². The van der Waals surface area contributed by atoms with Gasteiger partial charge in [0.15, 0.2) is 5.60 Å². The number of unbranched alkanes of at least 4 members (excludes halogenated alkanes) is 3. The van der Waals surface area contributed by atoms with Gasteiger partial charge in [-0.15, -0.1) is 0 Å². The van der Waals surface area contributed by atoms with E-state index in [1.807, 2.05) is 32.9 Å². The van der Waals surface area contributed by atoms with Gasteiger partial charge in [-0.2, -0.15) is 18.4 Å². The van der Waals surface area contributed by atoms with Crippen LogP contribution in [0.4, 0.5) is 24.5 Å². The monoisotopic (exact) mass is 971 g/mol. The molecule has 2 atom stereocenters. The van der Waals surface area contributed by atoms with Crippen LogP contribution in [-0.2, 0) is 29.0 Å². The van der Waals surface area contributed by atoms with Gasteiger partial charge in [0.25, 0.3) is 14.4 Å². The molecule has 3 aromatic carbocycles. The number of benzene rings is 3. The highest BCUT2D eigenvalue weighted by atomic mass is 31.2. The minimum absolute atomic E-state index is 0.0181. The van der Waals surface area contributed by atoms with Gasteiger partial charge in [-0.05, 0) is 124 Å². The predicted molar refractivity (Wildman–Crippen MR) is 259 cm³/mol. The summed E-state index contributed by atoms with van der Waals surface area (Å²) < 4.78 is 70.5. The zero-order valence-corrected chi connectivity index (χ0v) is 42.0. The lowest BCUT2D eigenvalue weighted by atomic mass is 9.74. The van der Waals surface area contributed by atoms with E-state index in [-0.39, 0.29) is 64.2 Å². The Balaban J connectivity index is 1.21. The van der Waals surface area contributed by atoms with Crippen LogP contribution in [-0.4, -0.2) is 77.5 Å². The number of hydrogen-bond donors (Lipinski definition) is 1. The van der Waals surface area contributed by atoms with Gasteiger partial charge < -0.3 is 28.7 Å². The lowest BCUT2D eigenvalue weighted by Gasteiger charge is -2.45. The molecule has 0 radical (unpaired) electrons. The van der Waals surface area contributed by atoms with Gasteiger partial charge in [0, 0.05) is 71.1 Å². The first-order chi connectivity index (χ1) is 32.3. The molecule has 2 unspecified atom stereocenters. The molecule has 7 rings (SSSR count). The molecule has 0 bridgehead atoms. The van der Waals surface area contributed by atoms with Gasteiger partial charge in [-0.3, -0.25) is 19.3 Å². The minimum atomic E-state index is -5.21. The minimum Gasteiger partial charge on any atom is -0.456 e. The zero-order chi connectivity index (χ0) is 50.5. The van der Waals surface area contributed by atoms with E-state index >= 15 is 0 Å². The van der Waals surface area contributed by atoms with E-state index in [0.717, 1.165) is 24.8 Å². The van der Waals surface area contributed by atoms with Gasteiger partial charge in [0.2, 0.25) is 5.91 Å². The normalized spacial score (nSPS) is 18.9. The van der Waals surface area contributed by atoms with Gasteiger partial charge in [-0.1, -0.05) is 25.0 Å². The Morgan fingerprint density at radius 2 is 1.35 bits per heavy atom. The third-order valence-corrected chi connectivity index (χ3v) is 15.0. The van der Waals surface area contributed by atoms with Crippen molar-refractivity contribution in [3.8, 4) is 17.6 Å². The Hall–Kier alpha value is -5.59. The van der Waals surface area contributed by atoms with Crippen molar-refractivity contribution in [2.45, 2.75) is 143 Å². The van der Waals surface area contributed by atoms with Crippen molar-refractivity contribution in [3.05, 3.63) is 93.6 Å². The summed E-state index contributed by atoms with van der Waals surface area (Å²) in [5, 5.41) is 12.0. The van der Waals surface area contributed by atoms with Crippen molar-refractivity contribution in [1.29, 1.82) is 5.26 Å². The molecule has 4 aliphatic rings. The van der Waals surface area contributed by atoms with E-state index in [9.17, 15) is 32.3 Å². The second-order valence-electron chi connectivity index (χ2n) is 19.7. The van der Waals surface area contributed by atoms with Gasteiger partial charge in [0.05, 0.1) is 53.7 Å². The van der Waals surface area contributed by atoms with Gasteiger partial charge in [0.1, 0.15) is 11.5 Å². The number of carbonyl (C=O) groups excluding carboxylic acids is 4. The third kappa shape index (κ3) is 9.55. The number of carbonyl (C=O) groups is 4. The first-order valence-corrected chi connectivity index (χ1v) is 24.5. The molecule has 368 valence electrons. The van der Waals surface area contributed by atoms with Crippen LogP contribution < -0.4 is 19.9 Å². The number of allylic oxidation sites excluding steroid dienone is 2. The van der Waals surface area contributed by atoms with Crippen molar-refractivity contribution in [2.75, 3.05) is 29.6 Å². The van der Waals surface area contributed by atoms with E-state index in [1.165, 1.54) is 32.9 Å². The molecule has 13 nitrogen and oxygen atoms in total. The molecule has 4 aliphatic heterocycles. The number of esters is 1. The van der Waals surface area contributed by atoms with Crippen LogP contribution in [0.5, 0.6) is 11.5 Å². The molecule has 0 saturated heterocycles. The fourth-order valence-corrected chi connectivity index (χ4v) is 11.9. The summed E-state index contributed by atoms with van der Waals surface area (Å²) in [6, 6.07) is 13.7. The number of fused-ring (bicyclic) bond motifs is 8. The van der Waals surface area contributed by atoms with Crippen LogP contribution in [0.25, 0.3) is 11.1 Å². The van der Waals surface area contributed by atoms with Crippen molar-refractivity contribution in [2.24, 2.45) is 0 Å². The standard InChI is InChI=1S/C52H61F3N5O8P/c1-30(2)60(31(3)4)69(66-22-16-19-56)65-21-15-13-12-14-20-57-46(62)35-17-18-36-39(23-35)51(68-47(36)63)40-24-37-32(5)28-49(8,9)58(34(7)61)42(37)26-44(40)67-45-27-43-38(25-41(45)51)33(6)29-50(10,11)59(43)48(64)52(53,54)55/h17-18,23-31H,12-16,20-22H2,1-11H3,(H,57,62). The summed E-state index contributed by atoms with van der Waals surface area (Å²) in [5.41, 5.74) is 0.275. The molecule has 0 aromatic heterocycles. The first kappa shape index (κ1) is 51.3. The molecular weight excluding hydrogens is 911 g/mol. The van der Waals surface area contributed by atoms with Crippen LogP contribution >= 0.6 is 8.53 Å². The maximum absolute atomic E-state index is 14.3. The van der Waals surface area contributed by atoms with Crippen molar-refractivity contribution in [3.63, 3.8) is 0 Å². The van der Waals surface area contributed by atoms with E-state index in [0.29, 0.717) is 64.6 Å². The molecular formula is C52H61F3N5O8P. The average Bonchev–Trinajstić information content (AvgIpc) is 3.53. The molecule has 0 aliphatic carbocycles. The van der Waals surface area contributed by atoms with Crippen LogP contribution in [0.2, 0.25) is 0 Å². The van der Waals surface area contributed by atoms with Crippen molar-refractivity contribution in [1.82, 2.24) is 9.99 Å². The maximum Gasteiger partial charge on any atom is 0.471 e. The van der Waals surface area contributed by atoms with E-state index in [1.54, 1.807) is 42.2 Å². The van der Waals surface area contributed by atoms with Gasteiger partial charge in [-0.25, -0.2) is 9.46 Å². The molecule has 3 aromatic rings. The quantitative estimate of drug-likeness (QED) is 0.0885. The Kier molecular flexibility index (Phi) is 14.3. The number of nitriles is 1. The highest BCUT2D eigenvalue weighted by Gasteiger charge is 2.56. The Morgan fingerprint density at radius 3 is 1.90 bits per heavy atom. The summed E-state index contributed by atoms with van der Waals surface area (Å²) in [5.74, 6) is -3.22. The summed E-state index contributed by atoms with van der Waals surface area (Å²) in [4.78, 5) is 57.0. The van der Waals surface area contributed by atoms with Crippen LogP contribution in [0.1, 0.15) is 157 Å². The highest BCUT2D eigenvalue weighted by molar-refractivity contribution is 7.44. The van der Waals surface area contributed by atoms with Crippen LogP contribution in [0.15, 0.2) is 54.6 Å². The number of nitrogens with one attached hydrogen (secondary N) is 1. The first-order valence-electron chi connectivity index (χ1n) is 23.4. The fourth-order valence-electron chi connectivity index (χ4n) is 10.3. The molecule has 3 amide bonds. The van der Waals surface area contributed by atoms with Gasteiger partial charge >= 0.3 is 18.1 Å². The van der Waals surface area contributed by atoms with E-state index in [4.69, 9.17) is 23.8 Å². The smallest absolute Gasteiger partial charge is 0.456 e. The molecule has 0 saturated carbocycles. The summed E-state index contributed by atoms with van der Waals surface area (Å²) >= 11 is 0. The Bertz CT molecular complexity index is 2680. The summed E-state index contributed by atoms with van der Waals surface area (Å²) in [6.45, 7) is 21.4. The summed E-state index contributed by atoms with van der Waals surface area (Å²) in [6.07, 6.45) is 1.76. The molecule has 69 heavy (non-hydrogen) atoms. The largest absolute Gasteiger partial charge is 0.471 e. The molecule has 1 spiro atoms. The fraction of sp³-hybridized carbons (Fsp3) is 0.481. The number of amides is 3. The SMILES string of the molecule is CC(=O)N1c2cc3c(cc2C(C)=CC1(C)C)C1(OC(=O)c2ccc(C(=O)NCCCCCCOP(OCCC#N)N(C(C)C)C(C)C)cc21)c1cc2c(cc1O3)N(C(=O)C(F)(F)F)C(C)(C)C=C2C. The second-order valence-corrected chi connectivity index (χ2v) is 21.1. The number of ether oxygens (including phenoxy) is 2. The van der Waals surface area contributed by atoms with E-state index < -0.39 is 43.3 Å². The second kappa shape index (κ2) is 19.3. The number of anilines is 2. The predicted octanol–water partition coefficient (Wildman–Crippen LogP) is 11.5. The van der Waals surface area contributed by atoms with Crippen LogP contribution in [0, 0.1) is 11.3 Å². The maximum atomic E-state index is 14.3. The molecule has 17 heteroatoms. The number of alkyl halides is 3. The average molecular weight is 972 g/mol. The molecule has 1 N–H and O–H groups in total. The third-order valence-electron chi connectivity index (χ3n) is 12.9. The molecule has 0 fully saturated rings. The highest BCUT2D eigenvalue weighted by Crippen LogP contribution is 2.60. The lowest BCUT2D eigenvalue weighted by Crippen LogP contribution is -2.53. The van der Waals surface area contributed by atoms with E-state index in [2.05, 4.69) is 43.8 Å². The van der Waals surface area contributed by atoms with Crippen LogP contribution in [0.3, 0.4) is 0 Å². The van der Waals surface area contributed by atoms with Crippen molar-refractivity contribution >= 4 is 54.7 Å². The topological polar surface area (TPSA) is 151 Å². The van der Waals surface area contributed by atoms with Crippen molar-refractivity contribution < 1.29 is 50.9 Å². The number of rotatable bonds is 15. The number of halogens is 3. The lowest BCUT2D eigenvalue weighted by molar-refractivity contribution is -0.171.